The highest BCUT2D eigenvalue weighted by Gasteiger charge is 2.54. The summed E-state index contributed by atoms with van der Waals surface area (Å²) in [5.74, 6) is -1.13. The second kappa shape index (κ2) is 21.0. The Bertz CT molecular complexity index is 3540. The van der Waals surface area contributed by atoms with Gasteiger partial charge < -0.3 is 81.5 Å². The normalized spacial score (nSPS) is 30.0. The number of phosphoric acid groups is 4. The first-order valence-electron chi connectivity index (χ1n) is 21.8. The molecular weight excluding hydrogens is 1130 g/mol. The summed E-state index contributed by atoms with van der Waals surface area (Å²) in [6.45, 7) is -3.29. The fraction of sp³-hybridized carbons (Fsp3) is 0.545. The van der Waals surface area contributed by atoms with Crippen molar-refractivity contribution in [3.05, 3.63) is 39.7 Å². The van der Waals surface area contributed by atoms with Crippen LogP contribution in [0.25, 0.3) is 33.5 Å². The Hall–Kier alpha value is -5.35. The molecule has 9 rings (SSSR count). The molecule has 0 bridgehead atoms. The zero-order valence-electron chi connectivity index (χ0n) is 39.4. The molecule has 0 amide bonds. The molecule has 422 valence electrons. The van der Waals surface area contributed by atoms with E-state index in [0.29, 0.717) is 0 Å². The van der Waals surface area contributed by atoms with Crippen LogP contribution in [0.5, 0.6) is 0 Å². The van der Waals surface area contributed by atoms with Gasteiger partial charge in [0.15, 0.2) is 41.4 Å². The molecule has 9 heterocycles. The standard InChI is InChI=1S/C33H46N16O24P4/c1-46-9-49(25-15(46)27(54)45-33(37)43-25)29-18(52)19(63-2)11(69-29)5-66-75(57,58)72-77(61,62)73-76(59,60)67-6-12-20(21(64-3)30(70-12)48-7-38-13-22(34)40-31(35)41-23(13)48)71-74(55,56)65-4-10-16(50)17(51)28(68-10)47-8-39-14-24(47)42-32(36)44-26(14)53/h7-12,16-21,28-30,50-52H,4-6H2,1-3H3,(H13-,34,35,36,37,40,41,42,43,44,45,53,54,55,56,57,58,59,60,61,62)/p+1/t10-,11-,12-,16+,17?,18+,19?,20?,21+,28-,29-,30-/m1/s1. The molecule has 6 aromatic rings. The number of imidazole rings is 3. The van der Waals surface area contributed by atoms with Gasteiger partial charge >= 0.3 is 36.9 Å². The van der Waals surface area contributed by atoms with Gasteiger partial charge in [-0.2, -0.15) is 23.6 Å². The lowest BCUT2D eigenvalue weighted by Crippen LogP contribution is -2.46. The van der Waals surface area contributed by atoms with Crippen molar-refractivity contribution in [1.82, 2.24) is 53.6 Å². The molecular formula is C33H47N16O24P4+. The second-order valence-corrected chi connectivity index (χ2v) is 22.9. The summed E-state index contributed by atoms with van der Waals surface area (Å²) >= 11 is 0. The van der Waals surface area contributed by atoms with E-state index in [0.717, 1.165) is 36.0 Å². The molecule has 77 heavy (non-hydrogen) atoms. The summed E-state index contributed by atoms with van der Waals surface area (Å²) in [6, 6.07) is 0. The average molecular weight is 1180 g/mol. The third-order valence-electron chi connectivity index (χ3n) is 11.9. The maximum atomic E-state index is 13.7. The number of nitrogen functional groups attached to an aromatic ring is 4. The number of aliphatic hydroxyl groups is 3. The largest absolute Gasteiger partial charge is 0.490 e. The van der Waals surface area contributed by atoms with Gasteiger partial charge in [0, 0.05) is 14.2 Å². The number of nitrogens with zero attached hydrogens (tertiary/aromatic N) is 10. The van der Waals surface area contributed by atoms with Crippen LogP contribution in [-0.2, 0) is 75.7 Å². The number of aliphatic hydroxyl groups excluding tert-OH is 3. The second-order valence-electron chi connectivity index (χ2n) is 16.9. The van der Waals surface area contributed by atoms with E-state index < -0.39 is 136 Å². The molecule has 0 radical (unpaired) electrons. The molecule has 3 aliphatic rings. The van der Waals surface area contributed by atoms with Crippen molar-refractivity contribution in [2.24, 2.45) is 7.05 Å². The van der Waals surface area contributed by atoms with E-state index in [1.54, 1.807) is 0 Å². The molecule has 7 unspecified atom stereocenters. The first kappa shape index (κ1) is 56.4. The number of aromatic nitrogens is 12. The van der Waals surface area contributed by atoms with Crippen LogP contribution >= 0.6 is 31.3 Å². The van der Waals surface area contributed by atoms with Crippen LogP contribution in [0.2, 0.25) is 0 Å². The summed E-state index contributed by atoms with van der Waals surface area (Å²) in [4.78, 5) is 96.1. The number of rotatable bonds is 20. The van der Waals surface area contributed by atoms with Gasteiger partial charge in [0.05, 0.1) is 39.5 Å². The van der Waals surface area contributed by atoms with E-state index in [9.17, 15) is 62.7 Å². The zero-order chi connectivity index (χ0) is 55.8. The molecule has 0 aliphatic carbocycles. The monoisotopic (exact) mass is 1180 g/mol. The van der Waals surface area contributed by atoms with Gasteiger partial charge in [0.25, 0.3) is 17.1 Å². The first-order valence-corrected chi connectivity index (χ1v) is 27.7. The molecule has 0 aromatic carbocycles. The molecule has 0 spiro atoms. The van der Waals surface area contributed by atoms with E-state index in [2.05, 4.69) is 48.5 Å². The van der Waals surface area contributed by atoms with Gasteiger partial charge in [-0.1, -0.05) is 4.98 Å². The summed E-state index contributed by atoms with van der Waals surface area (Å²) in [7, 11) is -19.8. The van der Waals surface area contributed by atoms with Crippen molar-refractivity contribution < 1.29 is 108 Å². The number of aromatic amines is 2. The van der Waals surface area contributed by atoms with Gasteiger partial charge in [0.1, 0.15) is 60.5 Å². The lowest BCUT2D eigenvalue weighted by atomic mass is 10.1. The van der Waals surface area contributed by atoms with Crippen molar-refractivity contribution in [1.29, 1.82) is 0 Å². The third kappa shape index (κ3) is 11.3. The van der Waals surface area contributed by atoms with Crippen molar-refractivity contribution >= 4 is 88.4 Å². The lowest BCUT2D eigenvalue weighted by molar-refractivity contribution is -0.745. The van der Waals surface area contributed by atoms with Gasteiger partial charge in [-0.15, -0.1) is 0 Å². The van der Waals surface area contributed by atoms with Gasteiger partial charge in [-0.05, 0) is 0 Å². The van der Waals surface area contributed by atoms with Crippen molar-refractivity contribution in [3.8, 4) is 0 Å². The third-order valence-corrected chi connectivity index (χ3v) is 17.1. The first-order chi connectivity index (χ1) is 36.1. The minimum Gasteiger partial charge on any atom is -0.387 e. The Morgan fingerprint density at radius 2 is 1.19 bits per heavy atom. The van der Waals surface area contributed by atoms with Crippen molar-refractivity contribution in [2.45, 2.75) is 73.6 Å². The number of phosphoric ester groups is 3. The number of methoxy groups -OCH3 is 2. The number of nitrogens with two attached hydrogens (primary N) is 4. The Morgan fingerprint density at radius 1 is 0.649 bits per heavy atom. The summed E-state index contributed by atoms with van der Waals surface area (Å²) < 4.78 is 115. The predicted octanol–water partition coefficient (Wildman–Crippen LogP) is -4.47. The molecule has 3 saturated heterocycles. The minimum atomic E-state index is -6.20. The van der Waals surface area contributed by atoms with E-state index >= 15 is 0 Å². The van der Waals surface area contributed by atoms with Crippen molar-refractivity contribution in [3.63, 3.8) is 0 Å². The minimum absolute atomic E-state index is 0.0179. The highest BCUT2D eigenvalue weighted by Crippen LogP contribution is 2.68. The molecule has 0 saturated carbocycles. The smallest absolute Gasteiger partial charge is 0.387 e. The number of ether oxygens (including phenoxy) is 5. The van der Waals surface area contributed by atoms with Gasteiger partial charge in [0.2, 0.25) is 23.6 Å². The number of hydrogen-bond donors (Lipinski definition) is 13. The number of aryl methyl sites for hydroxylation is 1. The number of fused-ring (bicyclic) bond motifs is 3. The Labute approximate surface area is 426 Å². The van der Waals surface area contributed by atoms with Crippen LogP contribution in [0, 0.1) is 0 Å². The molecule has 40 nitrogen and oxygen atoms in total. The van der Waals surface area contributed by atoms with E-state index in [-0.39, 0.29) is 57.2 Å². The summed E-state index contributed by atoms with van der Waals surface area (Å²) in [6.07, 6.45) is -15.9. The molecule has 3 fully saturated rings. The van der Waals surface area contributed by atoms with E-state index in [4.69, 9.17) is 64.7 Å². The highest BCUT2D eigenvalue weighted by atomic mass is 31.3. The maximum Gasteiger partial charge on any atom is 0.490 e. The van der Waals surface area contributed by atoms with Crippen LogP contribution in [0.3, 0.4) is 0 Å². The highest BCUT2D eigenvalue weighted by molar-refractivity contribution is 7.66. The molecule has 17 N–H and O–H groups in total. The average Bonchev–Trinajstić information content (AvgIpc) is 4.18. The van der Waals surface area contributed by atoms with Crippen LogP contribution in [-0.4, -0.2) is 177 Å². The molecule has 16 atom stereocenters. The Balaban J connectivity index is 0.874. The van der Waals surface area contributed by atoms with Crippen LogP contribution in [0.4, 0.5) is 23.7 Å². The number of H-pyrrole nitrogens is 2. The SMILES string of the molecule is COC1[C@@H](COP(=O)(O)OP(=O)(O)OP(=O)(O)OC[C@H]2O[C@@H](n3cnc4c(N)nc(N)nc43)[C@@H](OC)C2OP(=O)(O)OC[C@H]2O[C@@H](n3cnc4c(=O)[nH]c(N)nc43)C(O)[C@H]2O)O[C@@H]([n+]2cn(C)c3c(=O)[nH]c(N)nc32)[C@H]1O. The van der Waals surface area contributed by atoms with Crippen LogP contribution < -0.4 is 38.6 Å². The van der Waals surface area contributed by atoms with Crippen molar-refractivity contribution in [2.75, 3.05) is 57.0 Å². The van der Waals surface area contributed by atoms with E-state index in [1.165, 1.54) is 22.5 Å². The lowest BCUT2D eigenvalue weighted by Gasteiger charge is -2.26. The molecule has 3 aliphatic heterocycles. The topological polar surface area (TPSA) is 577 Å². The number of nitrogens with one attached hydrogen (secondary N) is 2. The van der Waals surface area contributed by atoms with Gasteiger partial charge in [-0.25, -0.2) is 32.8 Å². The van der Waals surface area contributed by atoms with E-state index in [1.807, 2.05) is 0 Å². The molecule has 44 heteroatoms. The maximum absolute atomic E-state index is 13.7. The Kier molecular flexibility index (Phi) is 15.4. The Morgan fingerprint density at radius 3 is 1.84 bits per heavy atom. The quantitative estimate of drug-likeness (QED) is 0.0253. The van der Waals surface area contributed by atoms with Crippen LogP contribution in [0.1, 0.15) is 18.7 Å². The zero-order valence-corrected chi connectivity index (χ0v) is 43.0. The fourth-order valence-corrected chi connectivity index (χ4v) is 13.1. The number of hydrogen-bond acceptors (Lipinski definition) is 30. The summed E-state index contributed by atoms with van der Waals surface area (Å²) in [5, 5.41) is 32.9. The summed E-state index contributed by atoms with van der Waals surface area (Å²) in [5.41, 5.74) is 21.3. The van der Waals surface area contributed by atoms with Gasteiger partial charge in [-0.3, -0.25) is 51.4 Å². The number of anilines is 4. The molecule has 6 aromatic heterocycles. The van der Waals surface area contributed by atoms with Crippen LogP contribution in [0.15, 0.2) is 28.6 Å². The fourth-order valence-electron chi connectivity index (χ4n) is 8.65. The predicted molar refractivity (Wildman–Crippen MR) is 248 cm³/mol.